The number of benzene rings is 3. The predicted octanol–water partition coefficient (Wildman–Crippen LogP) is 4.18. The first-order valence-corrected chi connectivity index (χ1v) is 9.99. The van der Waals surface area contributed by atoms with Crippen molar-refractivity contribution < 1.29 is 38.2 Å². The molecule has 10 nitrogen and oxygen atoms in total. The average molecular weight is 465 g/mol. The van der Waals surface area contributed by atoms with E-state index in [0.29, 0.717) is 5.56 Å². The van der Waals surface area contributed by atoms with Crippen LogP contribution in [0.15, 0.2) is 48.5 Å². The number of nitrogens with zero attached hydrogens (tertiary/aromatic N) is 1. The molecule has 0 radical (unpaired) electrons. The van der Waals surface area contributed by atoms with Crippen LogP contribution in [0.2, 0.25) is 0 Å². The Labute approximate surface area is 193 Å². The first-order chi connectivity index (χ1) is 16.4. The summed E-state index contributed by atoms with van der Waals surface area (Å²) in [6.45, 7) is -0.211. The molecule has 0 amide bonds. The summed E-state index contributed by atoms with van der Waals surface area (Å²) in [6.07, 6.45) is 0. The number of methoxy groups -OCH3 is 3. The molecule has 0 fully saturated rings. The number of para-hydroxylation sites is 1. The SMILES string of the molecule is COc1cc2c(c(OC)c1OC)-c1c(cccc1[N+](=O)[O-])C(=O)Oc1ccccc1COC2=O. The number of nitro benzene ring substituents is 1. The van der Waals surface area contributed by atoms with Crippen LogP contribution >= 0.6 is 0 Å². The fourth-order valence-corrected chi connectivity index (χ4v) is 3.79. The van der Waals surface area contributed by atoms with Crippen molar-refractivity contribution in [3.8, 4) is 34.1 Å². The zero-order valence-corrected chi connectivity index (χ0v) is 18.4. The van der Waals surface area contributed by atoms with E-state index in [-0.39, 0.29) is 51.9 Å². The zero-order chi connectivity index (χ0) is 24.4. The second-order valence-corrected chi connectivity index (χ2v) is 7.10. The minimum Gasteiger partial charge on any atom is -0.493 e. The minimum absolute atomic E-state index is 0.0473. The quantitative estimate of drug-likeness (QED) is 0.242. The van der Waals surface area contributed by atoms with Crippen LogP contribution in [-0.2, 0) is 11.3 Å². The summed E-state index contributed by atoms with van der Waals surface area (Å²) in [4.78, 5) is 37.9. The molecular formula is C24H19NO9. The van der Waals surface area contributed by atoms with Gasteiger partial charge in [0.15, 0.2) is 11.5 Å². The highest BCUT2D eigenvalue weighted by molar-refractivity contribution is 6.08. The fraction of sp³-hybridized carbons (Fsp3) is 0.167. The number of hydrogen-bond acceptors (Lipinski definition) is 9. The topological polar surface area (TPSA) is 123 Å². The Kier molecular flexibility index (Phi) is 6.05. The molecule has 3 aromatic carbocycles. The van der Waals surface area contributed by atoms with Gasteiger partial charge in [-0.1, -0.05) is 24.3 Å². The van der Waals surface area contributed by atoms with Crippen molar-refractivity contribution in [2.45, 2.75) is 6.61 Å². The van der Waals surface area contributed by atoms with Crippen LogP contribution < -0.4 is 18.9 Å². The predicted molar refractivity (Wildman–Crippen MR) is 119 cm³/mol. The van der Waals surface area contributed by atoms with Crippen LogP contribution in [0.3, 0.4) is 0 Å². The van der Waals surface area contributed by atoms with Gasteiger partial charge in [-0.05, 0) is 18.2 Å². The summed E-state index contributed by atoms with van der Waals surface area (Å²) in [6, 6.07) is 11.8. The lowest BCUT2D eigenvalue weighted by Crippen LogP contribution is -2.13. The third-order valence-corrected chi connectivity index (χ3v) is 5.29. The molecule has 10 heteroatoms. The van der Waals surface area contributed by atoms with Crippen LogP contribution in [0.1, 0.15) is 26.3 Å². The van der Waals surface area contributed by atoms with Crippen molar-refractivity contribution in [3.63, 3.8) is 0 Å². The van der Waals surface area contributed by atoms with E-state index in [1.54, 1.807) is 18.2 Å². The molecule has 0 spiro atoms. The molecule has 0 aromatic heterocycles. The molecule has 3 aromatic rings. The van der Waals surface area contributed by atoms with Crippen molar-refractivity contribution in [3.05, 3.63) is 75.3 Å². The summed E-state index contributed by atoms with van der Waals surface area (Å²) >= 11 is 0. The van der Waals surface area contributed by atoms with E-state index in [1.807, 2.05) is 0 Å². The Morgan fingerprint density at radius 2 is 1.59 bits per heavy atom. The molecule has 1 aliphatic rings. The maximum absolute atomic E-state index is 13.3. The number of carbonyl (C=O) groups excluding carboxylic acids is 2. The fourth-order valence-electron chi connectivity index (χ4n) is 3.79. The first-order valence-electron chi connectivity index (χ1n) is 9.99. The number of hydrogen-bond donors (Lipinski definition) is 0. The van der Waals surface area contributed by atoms with Crippen molar-refractivity contribution in [1.29, 1.82) is 0 Å². The summed E-state index contributed by atoms with van der Waals surface area (Å²) in [5, 5.41) is 12.0. The Bertz CT molecular complexity index is 1320. The van der Waals surface area contributed by atoms with Crippen molar-refractivity contribution in [2.75, 3.05) is 21.3 Å². The Balaban J connectivity index is 2.15. The molecule has 174 valence electrons. The minimum atomic E-state index is -0.858. The second-order valence-electron chi connectivity index (χ2n) is 7.10. The van der Waals surface area contributed by atoms with Crippen LogP contribution in [0.25, 0.3) is 11.1 Å². The van der Waals surface area contributed by atoms with Crippen LogP contribution in [-0.4, -0.2) is 38.2 Å². The molecule has 0 atom stereocenters. The van der Waals surface area contributed by atoms with Gasteiger partial charge in [-0.25, -0.2) is 9.59 Å². The van der Waals surface area contributed by atoms with Gasteiger partial charge in [-0.3, -0.25) is 10.1 Å². The molecule has 4 rings (SSSR count). The number of fused-ring (bicyclic) bond motifs is 4. The highest BCUT2D eigenvalue weighted by Gasteiger charge is 2.34. The standard InChI is InChI=1S/C24H19NO9/c1-30-18-11-15-20(22(32-3)21(18)31-2)19-14(8-6-9-16(19)25(28)29)24(27)34-17-10-5-4-7-13(17)12-33-23(15)26/h4-11H,12H2,1-3H3. The number of rotatable bonds is 4. The van der Waals surface area contributed by atoms with Gasteiger partial charge in [-0.2, -0.15) is 0 Å². The van der Waals surface area contributed by atoms with E-state index < -0.39 is 22.5 Å². The zero-order valence-electron chi connectivity index (χ0n) is 18.4. The molecule has 0 N–H and O–H groups in total. The lowest BCUT2D eigenvalue weighted by molar-refractivity contribution is -0.384. The maximum atomic E-state index is 13.3. The van der Waals surface area contributed by atoms with Gasteiger partial charge in [-0.15, -0.1) is 0 Å². The molecule has 0 unspecified atom stereocenters. The van der Waals surface area contributed by atoms with E-state index in [2.05, 4.69) is 0 Å². The molecular weight excluding hydrogens is 446 g/mol. The largest absolute Gasteiger partial charge is 0.493 e. The Morgan fingerprint density at radius 3 is 2.26 bits per heavy atom. The van der Waals surface area contributed by atoms with Gasteiger partial charge in [0.25, 0.3) is 5.69 Å². The Morgan fingerprint density at radius 1 is 0.853 bits per heavy atom. The van der Waals surface area contributed by atoms with Crippen molar-refractivity contribution in [2.24, 2.45) is 0 Å². The highest BCUT2D eigenvalue weighted by atomic mass is 16.6. The highest BCUT2D eigenvalue weighted by Crippen LogP contribution is 2.50. The van der Waals surface area contributed by atoms with Gasteiger partial charge < -0.3 is 23.7 Å². The first kappa shape index (κ1) is 22.6. The smallest absolute Gasteiger partial charge is 0.344 e. The van der Waals surface area contributed by atoms with Gasteiger partial charge in [0.05, 0.1) is 48.5 Å². The van der Waals surface area contributed by atoms with E-state index in [4.69, 9.17) is 23.7 Å². The monoisotopic (exact) mass is 465 g/mol. The van der Waals surface area contributed by atoms with E-state index in [1.165, 1.54) is 51.7 Å². The number of esters is 2. The van der Waals surface area contributed by atoms with Crippen LogP contribution in [0, 0.1) is 10.1 Å². The number of nitro groups is 1. The second kappa shape index (κ2) is 9.10. The summed E-state index contributed by atoms with van der Waals surface area (Å²) < 4.78 is 27.4. The molecule has 0 aliphatic carbocycles. The molecule has 1 aliphatic heterocycles. The molecule has 1 heterocycles. The molecule has 34 heavy (non-hydrogen) atoms. The molecule has 0 bridgehead atoms. The number of ether oxygens (including phenoxy) is 5. The maximum Gasteiger partial charge on any atom is 0.344 e. The van der Waals surface area contributed by atoms with Gasteiger partial charge >= 0.3 is 11.9 Å². The third kappa shape index (κ3) is 3.75. The summed E-state index contributed by atoms with van der Waals surface area (Å²) in [7, 11) is 4.02. The lowest BCUT2D eigenvalue weighted by atomic mass is 9.92. The summed E-state index contributed by atoms with van der Waals surface area (Å²) in [5.74, 6) is -1.36. The number of cyclic esters (lactones) is 1. The lowest BCUT2D eigenvalue weighted by Gasteiger charge is -2.20. The van der Waals surface area contributed by atoms with E-state index in [0.717, 1.165) is 0 Å². The van der Waals surface area contributed by atoms with Crippen molar-refractivity contribution in [1.82, 2.24) is 0 Å². The van der Waals surface area contributed by atoms with Gasteiger partial charge in [0.1, 0.15) is 12.4 Å². The van der Waals surface area contributed by atoms with Crippen LogP contribution in [0.4, 0.5) is 5.69 Å². The van der Waals surface area contributed by atoms with Gasteiger partial charge in [0, 0.05) is 11.6 Å². The van der Waals surface area contributed by atoms with E-state index in [9.17, 15) is 19.7 Å². The normalized spacial score (nSPS) is 12.7. The summed E-state index contributed by atoms with van der Waals surface area (Å²) in [5.41, 5.74) is -0.506. The molecule has 0 saturated carbocycles. The molecule has 0 saturated heterocycles. The van der Waals surface area contributed by atoms with Gasteiger partial charge in [0.2, 0.25) is 5.75 Å². The van der Waals surface area contributed by atoms with Crippen LogP contribution in [0.5, 0.6) is 23.0 Å². The van der Waals surface area contributed by atoms with Crippen molar-refractivity contribution >= 4 is 17.6 Å². The number of carbonyl (C=O) groups is 2. The average Bonchev–Trinajstić information content (AvgIpc) is 2.86. The van der Waals surface area contributed by atoms with E-state index >= 15 is 0 Å². The Hall–Kier alpha value is -4.60. The third-order valence-electron chi connectivity index (χ3n) is 5.29.